The van der Waals surface area contributed by atoms with Crippen LogP contribution in [0.15, 0.2) is 42.5 Å². The van der Waals surface area contributed by atoms with Crippen molar-refractivity contribution in [1.82, 2.24) is 9.80 Å². The van der Waals surface area contributed by atoms with Crippen LogP contribution in [0, 0.1) is 23.7 Å². The summed E-state index contributed by atoms with van der Waals surface area (Å²) in [5.41, 5.74) is 1.75. The molecule has 2 aliphatic heterocycles. The maximum absolute atomic E-state index is 13.8. The Morgan fingerprint density at radius 3 is 2.70 bits per heavy atom. The first kappa shape index (κ1) is 25.9. The van der Waals surface area contributed by atoms with Crippen molar-refractivity contribution in [2.45, 2.75) is 81.6 Å². The molecule has 5 aliphatic rings. The highest BCUT2D eigenvalue weighted by atomic mass is 16.5. The number of ether oxygens (including phenoxy) is 2. The second kappa shape index (κ2) is 9.53. The average molecular weight is 541 g/mol. The Balaban J connectivity index is 1.31. The van der Waals surface area contributed by atoms with E-state index >= 15 is 0 Å². The van der Waals surface area contributed by atoms with Crippen LogP contribution in [0.4, 0.5) is 0 Å². The molecule has 7 rings (SSSR count). The molecule has 6 heteroatoms. The third-order valence-electron chi connectivity index (χ3n) is 10.2. The smallest absolute Gasteiger partial charge is 0.299 e. The van der Waals surface area contributed by atoms with Crippen LogP contribution >= 0.6 is 0 Å². The molecule has 5 atom stereocenters. The van der Waals surface area contributed by atoms with E-state index in [2.05, 4.69) is 36.7 Å². The fourth-order valence-corrected chi connectivity index (χ4v) is 8.41. The highest BCUT2D eigenvalue weighted by molar-refractivity contribution is 5.94. The highest BCUT2D eigenvalue weighted by Crippen LogP contribution is 2.66. The number of rotatable bonds is 6. The van der Waals surface area contributed by atoms with Crippen LogP contribution in [0.25, 0.3) is 0 Å². The Labute approximate surface area is 237 Å². The minimum Gasteiger partial charge on any atom is -0.493 e. The predicted octanol–water partition coefficient (Wildman–Crippen LogP) is 4.16. The van der Waals surface area contributed by atoms with Gasteiger partial charge in [0.05, 0.1) is 24.2 Å². The SMILES string of the molecule is COc1ccc2c3c1O[C@H]1[C@H](N(CC(C)C)C(=O)C#Cc4ccccc4)CC[C@@]4(O)[C@@H](C2)N(CC2CC2)CC[C@]314. The Morgan fingerprint density at radius 2 is 1.98 bits per heavy atom. The number of hydrogen-bond donors (Lipinski definition) is 1. The molecule has 2 aromatic rings. The summed E-state index contributed by atoms with van der Waals surface area (Å²) in [7, 11) is 1.68. The standard InChI is InChI=1S/C34H40N2O4/c1-22(2)20-36(29(37)14-11-23-7-5-4-6-8-23)26-15-16-34(38)28-19-25-12-13-27(39-3)31-30(25)33(34,32(26)40-31)17-18-35(28)21-24-9-10-24/h4-8,12-13,22,24,26,28,32,38H,9-10,15-21H2,1-3H3/t26-,28-,32+,33+,34-/m1/s1. The normalized spacial score (nSPS) is 31.6. The molecule has 3 fully saturated rings. The molecule has 0 aromatic heterocycles. The minimum absolute atomic E-state index is 0.0628. The van der Waals surface area contributed by atoms with Gasteiger partial charge in [0.1, 0.15) is 6.10 Å². The van der Waals surface area contributed by atoms with Crippen molar-refractivity contribution in [1.29, 1.82) is 0 Å². The van der Waals surface area contributed by atoms with Crippen LogP contribution in [0.3, 0.4) is 0 Å². The molecular weight excluding hydrogens is 500 g/mol. The maximum atomic E-state index is 13.8. The lowest BCUT2D eigenvalue weighted by atomic mass is 9.48. The maximum Gasteiger partial charge on any atom is 0.299 e. The molecule has 0 radical (unpaired) electrons. The summed E-state index contributed by atoms with van der Waals surface area (Å²) in [4.78, 5) is 18.4. The van der Waals surface area contributed by atoms with Gasteiger partial charge in [0.15, 0.2) is 11.5 Å². The quantitative estimate of drug-likeness (QED) is 0.558. The fourth-order valence-electron chi connectivity index (χ4n) is 8.41. The van der Waals surface area contributed by atoms with Gasteiger partial charge in [0.2, 0.25) is 0 Å². The van der Waals surface area contributed by atoms with E-state index in [1.165, 1.54) is 18.4 Å². The summed E-state index contributed by atoms with van der Waals surface area (Å²) in [6, 6.07) is 13.8. The molecular formula is C34H40N2O4. The van der Waals surface area contributed by atoms with Gasteiger partial charge in [0.25, 0.3) is 5.91 Å². The molecule has 2 saturated carbocycles. The first-order chi connectivity index (χ1) is 19.4. The topological polar surface area (TPSA) is 62.2 Å². The number of piperidine rings is 1. The van der Waals surface area contributed by atoms with Crippen LogP contribution < -0.4 is 9.47 Å². The predicted molar refractivity (Wildman–Crippen MR) is 153 cm³/mol. The van der Waals surface area contributed by atoms with Crippen molar-refractivity contribution >= 4 is 5.91 Å². The summed E-state index contributed by atoms with van der Waals surface area (Å²) >= 11 is 0. The molecule has 1 spiro atoms. The van der Waals surface area contributed by atoms with Crippen molar-refractivity contribution in [2.24, 2.45) is 11.8 Å². The number of amides is 1. The van der Waals surface area contributed by atoms with Crippen molar-refractivity contribution in [3.05, 3.63) is 59.2 Å². The lowest BCUT2D eigenvalue weighted by Crippen LogP contribution is -2.78. The molecule has 6 nitrogen and oxygen atoms in total. The Morgan fingerprint density at radius 1 is 1.18 bits per heavy atom. The van der Waals surface area contributed by atoms with Gasteiger partial charge in [-0.3, -0.25) is 9.69 Å². The van der Waals surface area contributed by atoms with Crippen molar-refractivity contribution in [3.63, 3.8) is 0 Å². The van der Waals surface area contributed by atoms with Crippen molar-refractivity contribution in [3.8, 4) is 23.3 Å². The number of likely N-dealkylation sites (tertiary alicyclic amines) is 1. The Hall–Kier alpha value is -3.01. The third-order valence-corrected chi connectivity index (χ3v) is 10.2. The van der Waals surface area contributed by atoms with E-state index in [0.29, 0.717) is 25.1 Å². The number of carbonyl (C=O) groups is 1. The lowest BCUT2D eigenvalue weighted by Gasteiger charge is -2.64. The van der Waals surface area contributed by atoms with E-state index in [9.17, 15) is 9.90 Å². The van der Waals surface area contributed by atoms with Crippen LogP contribution in [0.2, 0.25) is 0 Å². The zero-order chi connectivity index (χ0) is 27.6. The fraction of sp³-hybridized carbons (Fsp3) is 0.559. The van der Waals surface area contributed by atoms with Crippen LogP contribution in [0.1, 0.15) is 62.6 Å². The van der Waals surface area contributed by atoms with Gasteiger partial charge in [-0.25, -0.2) is 0 Å². The van der Waals surface area contributed by atoms with E-state index < -0.39 is 11.0 Å². The molecule has 1 N–H and O–H groups in total. The minimum atomic E-state index is -0.909. The Bertz CT molecular complexity index is 1380. The largest absolute Gasteiger partial charge is 0.493 e. The second-order valence-electron chi connectivity index (χ2n) is 13.0. The van der Waals surface area contributed by atoms with Gasteiger partial charge >= 0.3 is 0 Å². The van der Waals surface area contributed by atoms with Gasteiger partial charge < -0.3 is 19.5 Å². The molecule has 0 unspecified atom stereocenters. The number of hydrogen-bond acceptors (Lipinski definition) is 5. The monoisotopic (exact) mass is 540 g/mol. The van der Waals surface area contributed by atoms with Crippen LogP contribution in [0.5, 0.6) is 11.5 Å². The summed E-state index contributed by atoms with van der Waals surface area (Å²) in [5.74, 6) is 8.38. The molecule has 210 valence electrons. The Kier molecular flexibility index (Phi) is 6.18. The van der Waals surface area contributed by atoms with Gasteiger partial charge in [-0.05, 0) is 80.7 Å². The van der Waals surface area contributed by atoms with E-state index in [1.54, 1.807) is 7.11 Å². The van der Waals surface area contributed by atoms with E-state index in [0.717, 1.165) is 48.7 Å². The second-order valence-corrected chi connectivity index (χ2v) is 13.0. The van der Waals surface area contributed by atoms with Crippen LogP contribution in [-0.4, -0.2) is 71.3 Å². The summed E-state index contributed by atoms with van der Waals surface area (Å²) in [5, 5.41) is 12.9. The van der Waals surface area contributed by atoms with Crippen molar-refractivity contribution < 1.29 is 19.4 Å². The number of aliphatic hydroxyl groups is 1. The van der Waals surface area contributed by atoms with Crippen LogP contribution in [-0.2, 0) is 16.6 Å². The molecule has 40 heavy (non-hydrogen) atoms. The number of benzene rings is 2. The molecule has 1 amide bonds. The molecule has 2 aromatic carbocycles. The molecule has 1 saturated heterocycles. The summed E-state index contributed by atoms with van der Waals surface area (Å²) in [6.07, 6.45) is 5.24. The highest BCUT2D eigenvalue weighted by Gasteiger charge is 2.73. The average Bonchev–Trinajstić information content (AvgIpc) is 3.70. The van der Waals surface area contributed by atoms with Gasteiger partial charge in [-0.15, -0.1) is 0 Å². The number of nitrogens with zero attached hydrogens (tertiary/aromatic N) is 2. The zero-order valence-corrected chi connectivity index (χ0v) is 23.9. The molecule has 2 bridgehead atoms. The van der Waals surface area contributed by atoms with E-state index in [1.807, 2.05) is 41.3 Å². The molecule has 2 heterocycles. The van der Waals surface area contributed by atoms with Gasteiger partial charge in [0, 0.05) is 36.2 Å². The van der Waals surface area contributed by atoms with Gasteiger partial charge in [-0.1, -0.05) is 44.0 Å². The molecule has 3 aliphatic carbocycles. The first-order valence-corrected chi connectivity index (χ1v) is 15.1. The van der Waals surface area contributed by atoms with Crippen molar-refractivity contribution in [2.75, 3.05) is 26.7 Å². The number of carbonyl (C=O) groups excluding carboxylic acids is 1. The van der Waals surface area contributed by atoms with Gasteiger partial charge in [-0.2, -0.15) is 0 Å². The third kappa shape index (κ3) is 3.81. The summed E-state index contributed by atoms with van der Waals surface area (Å²) < 4.78 is 12.7. The van der Waals surface area contributed by atoms with E-state index in [4.69, 9.17) is 9.47 Å². The zero-order valence-electron chi connectivity index (χ0n) is 23.9. The summed E-state index contributed by atoms with van der Waals surface area (Å²) in [6.45, 7) is 6.89. The number of methoxy groups -OCH3 is 1. The van der Waals surface area contributed by atoms with E-state index in [-0.39, 0.29) is 30.0 Å². The lowest BCUT2D eigenvalue weighted by molar-refractivity contribution is -0.201. The first-order valence-electron chi connectivity index (χ1n) is 15.1.